The number of aliphatic hydroxyl groups excluding tert-OH is 1. The number of benzene rings is 1. The van der Waals surface area contributed by atoms with Crippen LogP contribution in [0.3, 0.4) is 0 Å². The maximum Gasteiger partial charge on any atom is 0.0803 e. The van der Waals surface area contributed by atoms with Crippen LogP contribution < -0.4 is 0 Å². The molecule has 2 unspecified atom stereocenters. The van der Waals surface area contributed by atoms with Gasteiger partial charge in [0.2, 0.25) is 0 Å². The third kappa shape index (κ3) is 3.62. The minimum atomic E-state index is -0.352. The molecule has 1 nitrogen and oxygen atoms in total. The lowest BCUT2D eigenvalue weighted by atomic mass is 9.96. The first-order valence-electron chi connectivity index (χ1n) is 5.48. The molecule has 0 fully saturated rings. The molecule has 84 valence electrons. The van der Waals surface area contributed by atoms with Crippen molar-refractivity contribution >= 4 is 15.9 Å². The van der Waals surface area contributed by atoms with E-state index in [0.29, 0.717) is 5.92 Å². The van der Waals surface area contributed by atoms with Crippen LogP contribution >= 0.6 is 15.9 Å². The van der Waals surface area contributed by atoms with E-state index in [9.17, 15) is 5.11 Å². The van der Waals surface area contributed by atoms with Crippen molar-refractivity contribution in [3.05, 3.63) is 33.8 Å². The van der Waals surface area contributed by atoms with Gasteiger partial charge in [0.15, 0.2) is 0 Å². The average Bonchev–Trinajstić information content (AvgIpc) is 2.17. The van der Waals surface area contributed by atoms with Crippen molar-refractivity contribution in [1.29, 1.82) is 0 Å². The Morgan fingerprint density at radius 2 is 2.07 bits per heavy atom. The van der Waals surface area contributed by atoms with Crippen LogP contribution in [-0.2, 0) is 0 Å². The Morgan fingerprint density at radius 1 is 1.40 bits per heavy atom. The zero-order chi connectivity index (χ0) is 11.4. The standard InChI is InChI=1S/C13H19BrO/c1-4-9(2)8-13(15)11-6-5-10(3)7-12(11)14/h5-7,9,13,15H,4,8H2,1-3H3. The van der Waals surface area contributed by atoms with E-state index in [1.807, 2.05) is 12.1 Å². The molecule has 0 aromatic heterocycles. The third-order valence-corrected chi connectivity index (χ3v) is 3.52. The Labute approximate surface area is 101 Å². The Hall–Kier alpha value is -0.340. The first kappa shape index (κ1) is 12.7. The number of aryl methyl sites for hydroxylation is 1. The molecule has 1 aromatic carbocycles. The monoisotopic (exact) mass is 270 g/mol. The zero-order valence-corrected chi connectivity index (χ0v) is 11.2. The maximum absolute atomic E-state index is 10.1. The van der Waals surface area contributed by atoms with Gasteiger partial charge in [0.25, 0.3) is 0 Å². The molecule has 0 aliphatic heterocycles. The van der Waals surface area contributed by atoms with Gasteiger partial charge in [-0.15, -0.1) is 0 Å². The summed E-state index contributed by atoms with van der Waals surface area (Å²) in [6.45, 7) is 6.38. The Kier molecular flexibility index (Phi) is 4.81. The smallest absolute Gasteiger partial charge is 0.0803 e. The summed E-state index contributed by atoms with van der Waals surface area (Å²) in [5, 5.41) is 10.1. The molecule has 0 saturated heterocycles. The van der Waals surface area contributed by atoms with Crippen molar-refractivity contribution in [3.63, 3.8) is 0 Å². The highest BCUT2D eigenvalue weighted by Gasteiger charge is 2.13. The van der Waals surface area contributed by atoms with Gasteiger partial charge in [0, 0.05) is 4.47 Å². The Balaban J connectivity index is 2.77. The predicted octanol–water partition coefficient (Wildman–Crippen LogP) is 4.23. The topological polar surface area (TPSA) is 20.2 Å². The molecule has 0 aliphatic rings. The second-order valence-corrected chi connectivity index (χ2v) is 5.14. The molecule has 0 spiro atoms. The summed E-state index contributed by atoms with van der Waals surface area (Å²) < 4.78 is 1.01. The molecule has 0 heterocycles. The molecule has 0 saturated carbocycles. The number of halogens is 1. The summed E-state index contributed by atoms with van der Waals surface area (Å²) >= 11 is 3.50. The molecule has 15 heavy (non-hydrogen) atoms. The molecule has 1 rings (SSSR count). The van der Waals surface area contributed by atoms with E-state index in [2.05, 4.69) is 42.8 Å². The van der Waals surface area contributed by atoms with Gasteiger partial charge in [-0.05, 0) is 36.5 Å². The highest BCUT2D eigenvalue weighted by Crippen LogP contribution is 2.29. The van der Waals surface area contributed by atoms with E-state index in [4.69, 9.17) is 0 Å². The molecule has 1 aromatic rings. The van der Waals surface area contributed by atoms with Crippen LogP contribution in [0.25, 0.3) is 0 Å². The minimum absolute atomic E-state index is 0.352. The quantitative estimate of drug-likeness (QED) is 0.869. The van der Waals surface area contributed by atoms with Gasteiger partial charge in [-0.1, -0.05) is 48.3 Å². The van der Waals surface area contributed by atoms with Crippen LogP contribution in [0.2, 0.25) is 0 Å². The minimum Gasteiger partial charge on any atom is -0.388 e. The molecule has 0 bridgehead atoms. The second-order valence-electron chi connectivity index (χ2n) is 4.29. The third-order valence-electron chi connectivity index (χ3n) is 2.84. The normalized spacial score (nSPS) is 15.0. The molecular formula is C13H19BrO. The van der Waals surface area contributed by atoms with Gasteiger partial charge in [0.05, 0.1) is 6.10 Å². The fourth-order valence-electron chi connectivity index (χ4n) is 1.58. The molecule has 2 atom stereocenters. The molecule has 2 heteroatoms. The summed E-state index contributed by atoms with van der Waals surface area (Å²) in [4.78, 5) is 0. The van der Waals surface area contributed by atoms with Gasteiger partial charge in [-0.3, -0.25) is 0 Å². The van der Waals surface area contributed by atoms with E-state index in [1.165, 1.54) is 5.56 Å². The van der Waals surface area contributed by atoms with Crippen LogP contribution in [-0.4, -0.2) is 5.11 Å². The van der Waals surface area contributed by atoms with Crippen LogP contribution in [0.5, 0.6) is 0 Å². The van der Waals surface area contributed by atoms with Gasteiger partial charge in [-0.2, -0.15) is 0 Å². The lowest BCUT2D eigenvalue weighted by molar-refractivity contribution is 0.146. The summed E-state index contributed by atoms with van der Waals surface area (Å²) in [5.41, 5.74) is 2.21. The number of aliphatic hydroxyl groups is 1. The first-order chi connectivity index (χ1) is 7.04. The van der Waals surface area contributed by atoms with Crippen molar-refractivity contribution in [3.8, 4) is 0 Å². The molecular weight excluding hydrogens is 252 g/mol. The lowest BCUT2D eigenvalue weighted by Gasteiger charge is -2.16. The zero-order valence-electron chi connectivity index (χ0n) is 9.63. The summed E-state index contributed by atoms with van der Waals surface area (Å²) in [5.74, 6) is 0.563. The van der Waals surface area contributed by atoms with Gasteiger partial charge >= 0.3 is 0 Å². The first-order valence-corrected chi connectivity index (χ1v) is 6.28. The van der Waals surface area contributed by atoms with E-state index in [-0.39, 0.29) is 6.10 Å². The van der Waals surface area contributed by atoms with Gasteiger partial charge in [0.1, 0.15) is 0 Å². The van der Waals surface area contributed by atoms with Crippen LogP contribution in [0.4, 0.5) is 0 Å². The van der Waals surface area contributed by atoms with Crippen molar-refractivity contribution in [2.24, 2.45) is 5.92 Å². The fourth-order valence-corrected chi connectivity index (χ4v) is 2.33. The maximum atomic E-state index is 10.1. The summed E-state index contributed by atoms with van der Waals surface area (Å²) in [7, 11) is 0. The highest BCUT2D eigenvalue weighted by atomic mass is 79.9. The van der Waals surface area contributed by atoms with E-state index in [1.54, 1.807) is 0 Å². The van der Waals surface area contributed by atoms with E-state index < -0.39 is 0 Å². The summed E-state index contributed by atoms with van der Waals surface area (Å²) in [6, 6.07) is 6.10. The van der Waals surface area contributed by atoms with Crippen molar-refractivity contribution in [1.82, 2.24) is 0 Å². The Morgan fingerprint density at radius 3 is 2.60 bits per heavy atom. The molecule has 0 aliphatic carbocycles. The van der Waals surface area contributed by atoms with E-state index >= 15 is 0 Å². The van der Waals surface area contributed by atoms with Crippen LogP contribution in [0.1, 0.15) is 43.9 Å². The van der Waals surface area contributed by atoms with Crippen LogP contribution in [0, 0.1) is 12.8 Å². The van der Waals surface area contributed by atoms with Crippen molar-refractivity contribution < 1.29 is 5.11 Å². The summed E-state index contributed by atoms with van der Waals surface area (Å²) in [6.07, 6.45) is 1.59. The van der Waals surface area contributed by atoms with E-state index in [0.717, 1.165) is 22.9 Å². The van der Waals surface area contributed by atoms with Gasteiger partial charge < -0.3 is 5.11 Å². The fraction of sp³-hybridized carbons (Fsp3) is 0.538. The SMILES string of the molecule is CCC(C)CC(O)c1ccc(C)cc1Br. The number of rotatable bonds is 4. The van der Waals surface area contributed by atoms with Crippen LogP contribution in [0.15, 0.2) is 22.7 Å². The number of hydrogen-bond donors (Lipinski definition) is 1. The largest absolute Gasteiger partial charge is 0.388 e. The predicted molar refractivity (Wildman–Crippen MR) is 67.9 cm³/mol. The number of hydrogen-bond acceptors (Lipinski definition) is 1. The average molecular weight is 271 g/mol. The van der Waals surface area contributed by atoms with Gasteiger partial charge in [-0.25, -0.2) is 0 Å². The lowest BCUT2D eigenvalue weighted by Crippen LogP contribution is -2.04. The highest BCUT2D eigenvalue weighted by molar-refractivity contribution is 9.10. The molecule has 0 amide bonds. The van der Waals surface area contributed by atoms with Crippen molar-refractivity contribution in [2.75, 3.05) is 0 Å². The van der Waals surface area contributed by atoms with Crippen molar-refractivity contribution in [2.45, 2.75) is 39.7 Å². The second kappa shape index (κ2) is 5.66. The Bertz CT molecular complexity index is 322. The molecule has 1 N–H and O–H groups in total. The molecule has 0 radical (unpaired) electrons.